The van der Waals surface area contributed by atoms with Crippen molar-refractivity contribution in [3.8, 4) is 0 Å². The van der Waals surface area contributed by atoms with Crippen molar-refractivity contribution in [2.45, 2.75) is 52.6 Å². The van der Waals surface area contributed by atoms with Crippen molar-refractivity contribution < 1.29 is 14.4 Å². The average Bonchev–Trinajstić information content (AvgIpc) is 2.74. The van der Waals surface area contributed by atoms with Gasteiger partial charge in [-0.3, -0.25) is 14.4 Å². The van der Waals surface area contributed by atoms with Crippen LogP contribution in [0.1, 0.15) is 40.5 Å². The molecule has 1 saturated heterocycles. The number of nitrogens with two attached hydrogens (primary N) is 1. The molecule has 3 N–H and O–H groups in total. The topological polar surface area (TPSA) is 92.5 Å². The van der Waals surface area contributed by atoms with Gasteiger partial charge in [0.1, 0.15) is 12.1 Å². The first-order valence-electron chi connectivity index (χ1n) is 6.55. The maximum absolute atomic E-state index is 12.3. The largest absolute Gasteiger partial charge is 0.368 e. The van der Waals surface area contributed by atoms with Gasteiger partial charge >= 0.3 is 0 Å². The molecule has 108 valence electrons. The van der Waals surface area contributed by atoms with Crippen LogP contribution in [0.4, 0.5) is 0 Å². The van der Waals surface area contributed by atoms with Crippen molar-refractivity contribution in [3.63, 3.8) is 0 Å². The number of likely N-dealkylation sites (tertiary alicyclic amines) is 1. The van der Waals surface area contributed by atoms with E-state index in [1.807, 2.05) is 20.8 Å². The molecule has 0 saturated carbocycles. The highest BCUT2D eigenvalue weighted by Crippen LogP contribution is 2.25. The summed E-state index contributed by atoms with van der Waals surface area (Å²) in [6.07, 6.45) is 1.42. The Bertz CT molecular complexity index is 387. The molecule has 6 nitrogen and oxygen atoms in total. The molecule has 1 aliphatic rings. The smallest absolute Gasteiger partial charge is 0.243 e. The summed E-state index contributed by atoms with van der Waals surface area (Å²) in [5.74, 6) is -0.932. The van der Waals surface area contributed by atoms with Gasteiger partial charge in [0.05, 0.1) is 0 Å². The molecule has 1 rings (SSSR count). The normalized spacial score (nSPS) is 21.1. The van der Waals surface area contributed by atoms with Gasteiger partial charge in [0, 0.05) is 12.0 Å². The van der Waals surface area contributed by atoms with E-state index in [-0.39, 0.29) is 11.8 Å². The lowest BCUT2D eigenvalue weighted by Gasteiger charge is -2.30. The molecule has 1 fully saturated rings. The SMILES string of the molecule is CC(NC(=O)C1CCCN1C(=O)C(C)(C)C)C(N)=O. The fraction of sp³-hybridized carbons (Fsp3) is 0.769. The van der Waals surface area contributed by atoms with Crippen LogP contribution >= 0.6 is 0 Å². The third-order valence-electron chi connectivity index (χ3n) is 3.24. The van der Waals surface area contributed by atoms with Gasteiger partial charge in [0.15, 0.2) is 0 Å². The Labute approximate surface area is 113 Å². The van der Waals surface area contributed by atoms with Gasteiger partial charge in [-0.05, 0) is 19.8 Å². The number of rotatable bonds is 3. The first-order valence-corrected chi connectivity index (χ1v) is 6.55. The molecule has 1 aliphatic heterocycles. The number of hydrogen-bond acceptors (Lipinski definition) is 3. The first-order chi connectivity index (χ1) is 8.64. The summed E-state index contributed by atoms with van der Waals surface area (Å²) in [4.78, 5) is 36.9. The van der Waals surface area contributed by atoms with Crippen molar-refractivity contribution >= 4 is 17.7 Å². The maximum atomic E-state index is 12.3. The highest BCUT2D eigenvalue weighted by atomic mass is 16.2. The molecule has 2 atom stereocenters. The Hall–Kier alpha value is -1.59. The van der Waals surface area contributed by atoms with E-state index in [1.54, 1.807) is 4.90 Å². The fourth-order valence-corrected chi connectivity index (χ4v) is 2.09. The number of hydrogen-bond donors (Lipinski definition) is 2. The summed E-state index contributed by atoms with van der Waals surface area (Å²) in [5.41, 5.74) is 4.60. The van der Waals surface area contributed by atoms with Gasteiger partial charge < -0.3 is 16.0 Å². The van der Waals surface area contributed by atoms with Crippen LogP contribution in [-0.4, -0.2) is 41.2 Å². The minimum absolute atomic E-state index is 0.0446. The van der Waals surface area contributed by atoms with Crippen molar-refractivity contribution in [2.24, 2.45) is 11.1 Å². The Kier molecular flexibility index (Phi) is 4.55. The molecule has 0 aromatic carbocycles. The Morgan fingerprint density at radius 1 is 1.32 bits per heavy atom. The third kappa shape index (κ3) is 3.68. The van der Waals surface area contributed by atoms with E-state index in [1.165, 1.54) is 6.92 Å². The highest BCUT2D eigenvalue weighted by molar-refractivity contribution is 5.92. The molecule has 0 aromatic rings. The van der Waals surface area contributed by atoms with E-state index in [0.29, 0.717) is 13.0 Å². The molecule has 3 amide bonds. The Balaban J connectivity index is 2.74. The van der Waals surface area contributed by atoms with E-state index in [9.17, 15) is 14.4 Å². The zero-order chi connectivity index (χ0) is 14.8. The standard InChI is InChI=1S/C13H23N3O3/c1-8(10(14)17)15-11(18)9-6-5-7-16(9)12(19)13(2,3)4/h8-9H,5-7H2,1-4H3,(H2,14,17)(H,15,18). The van der Waals surface area contributed by atoms with E-state index in [2.05, 4.69) is 5.32 Å². The number of carbonyl (C=O) groups excluding carboxylic acids is 3. The average molecular weight is 269 g/mol. The van der Waals surface area contributed by atoms with Gasteiger partial charge in [0.2, 0.25) is 17.7 Å². The van der Waals surface area contributed by atoms with Gasteiger partial charge in [-0.15, -0.1) is 0 Å². The van der Waals surface area contributed by atoms with Crippen molar-refractivity contribution in [1.82, 2.24) is 10.2 Å². The molecule has 0 aliphatic carbocycles. The molecular formula is C13H23N3O3. The highest BCUT2D eigenvalue weighted by Gasteiger charge is 2.38. The zero-order valence-corrected chi connectivity index (χ0v) is 12.0. The molecule has 1 heterocycles. The number of nitrogens with zero attached hydrogens (tertiary/aromatic N) is 1. The number of primary amides is 1. The Morgan fingerprint density at radius 3 is 2.37 bits per heavy atom. The Morgan fingerprint density at radius 2 is 1.89 bits per heavy atom. The van der Waals surface area contributed by atoms with Crippen LogP contribution in [0.2, 0.25) is 0 Å². The molecule has 2 unspecified atom stereocenters. The van der Waals surface area contributed by atoms with Crippen LogP contribution in [0.3, 0.4) is 0 Å². The van der Waals surface area contributed by atoms with Crippen LogP contribution in [0.25, 0.3) is 0 Å². The molecule has 0 radical (unpaired) electrons. The zero-order valence-electron chi connectivity index (χ0n) is 12.0. The van der Waals surface area contributed by atoms with Gasteiger partial charge in [-0.2, -0.15) is 0 Å². The quantitative estimate of drug-likeness (QED) is 0.756. The fourth-order valence-electron chi connectivity index (χ4n) is 2.09. The van der Waals surface area contributed by atoms with Gasteiger partial charge in [0.25, 0.3) is 0 Å². The number of nitrogens with one attached hydrogen (secondary N) is 1. The summed E-state index contributed by atoms with van der Waals surface area (Å²) in [6, 6.07) is -1.21. The summed E-state index contributed by atoms with van der Waals surface area (Å²) in [7, 11) is 0. The molecular weight excluding hydrogens is 246 g/mol. The van der Waals surface area contributed by atoms with E-state index < -0.39 is 23.4 Å². The second-order valence-corrected chi connectivity index (χ2v) is 6.04. The van der Waals surface area contributed by atoms with E-state index in [4.69, 9.17) is 5.73 Å². The first kappa shape index (κ1) is 15.5. The summed E-state index contributed by atoms with van der Waals surface area (Å²) >= 11 is 0. The summed E-state index contributed by atoms with van der Waals surface area (Å²) < 4.78 is 0. The van der Waals surface area contributed by atoms with E-state index >= 15 is 0 Å². The van der Waals surface area contributed by atoms with E-state index in [0.717, 1.165) is 6.42 Å². The van der Waals surface area contributed by atoms with Crippen LogP contribution in [0, 0.1) is 5.41 Å². The predicted molar refractivity (Wildman–Crippen MR) is 71.0 cm³/mol. The van der Waals surface area contributed by atoms with Crippen LogP contribution in [0.5, 0.6) is 0 Å². The van der Waals surface area contributed by atoms with Crippen molar-refractivity contribution in [3.05, 3.63) is 0 Å². The van der Waals surface area contributed by atoms with Crippen molar-refractivity contribution in [1.29, 1.82) is 0 Å². The molecule has 19 heavy (non-hydrogen) atoms. The second kappa shape index (κ2) is 5.59. The van der Waals surface area contributed by atoms with Crippen molar-refractivity contribution in [2.75, 3.05) is 6.54 Å². The predicted octanol–water partition coefficient (Wildman–Crippen LogP) is 0.0135. The van der Waals surface area contributed by atoms with Crippen LogP contribution < -0.4 is 11.1 Å². The number of carbonyl (C=O) groups is 3. The minimum Gasteiger partial charge on any atom is -0.368 e. The number of amides is 3. The molecule has 6 heteroatoms. The van der Waals surface area contributed by atoms with Crippen LogP contribution in [-0.2, 0) is 14.4 Å². The third-order valence-corrected chi connectivity index (χ3v) is 3.24. The van der Waals surface area contributed by atoms with Gasteiger partial charge in [-0.25, -0.2) is 0 Å². The molecule has 0 spiro atoms. The minimum atomic E-state index is -0.723. The second-order valence-electron chi connectivity index (χ2n) is 6.04. The molecule has 0 bridgehead atoms. The lowest BCUT2D eigenvalue weighted by atomic mass is 9.94. The van der Waals surface area contributed by atoms with Crippen LogP contribution in [0.15, 0.2) is 0 Å². The summed E-state index contributed by atoms with van der Waals surface area (Å²) in [5, 5.41) is 2.55. The maximum Gasteiger partial charge on any atom is 0.243 e. The van der Waals surface area contributed by atoms with Gasteiger partial charge in [-0.1, -0.05) is 20.8 Å². The molecule has 0 aromatic heterocycles. The monoisotopic (exact) mass is 269 g/mol. The lowest BCUT2D eigenvalue weighted by molar-refractivity contribution is -0.145. The summed E-state index contributed by atoms with van der Waals surface area (Å²) in [6.45, 7) is 7.60. The lowest BCUT2D eigenvalue weighted by Crippen LogP contribution is -2.53.